The molecule has 1 aliphatic rings. The normalized spacial score (nSPS) is 24.6. The molecule has 76 valence electrons. The summed E-state index contributed by atoms with van der Waals surface area (Å²) in [5, 5.41) is 0. The van der Waals surface area contributed by atoms with Crippen molar-refractivity contribution in [3.63, 3.8) is 0 Å². The van der Waals surface area contributed by atoms with Gasteiger partial charge in [0.25, 0.3) is 0 Å². The lowest BCUT2D eigenvalue weighted by molar-refractivity contribution is -0.135. The number of carbonyl (C=O) groups excluding carboxylic acids is 1. The van der Waals surface area contributed by atoms with Gasteiger partial charge in [-0.25, -0.2) is 0 Å². The third-order valence-electron chi connectivity index (χ3n) is 2.91. The zero-order valence-electron chi connectivity index (χ0n) is 9.26. The highest BCUT2D eigenvalue weighted by atomic mass is 16.2. The van der Waals surface area contributed by atoms with Crippen molar-refractivity contribution in [2.75, 3.05) is 6.54 Å². The van der Waals surface area contributed by atoms with Gasteiger partial charge >= 0.3 is 0 Å². The Morgan fingerprint density at radius 3 is 2.31 bits per heavy atom. The zero-order valence-corrected chi connectivity index (χ0v) is 9.26. The maximum Gasteiger partial charge on any atom is 0.219 e. The van der Waals surface area contributed by atoms with Crippen LogP contribution in [0.5, 0.6) is 0 Å². The van der Waals surface area contributed by atoms with Gasteiger partial charge < -0.3 is 4.90 Å². The van der Waals surface area contributed by atoms with E-state index < -0.39 is 0 Å². The molecule has 0 spiro atoms. The molecule has 0 aromatic heterocycles. The SMILES string of the molecule is CC(=O)N1CCCCC1C(C)(C)C. The Balaban J connectivity index is 2.73. The molecule has 13 heavy (non-hydrogen) atoms. The van der Waals surface area contributed by atoms with Crippen LogP contribution in [0.15, 0.2) is 0 Å². The number of nitrogens with zero attached hydrogens (tertiary/aromatic N) is 1. The zero-order chi connectivity index (χ0) is 10.1. The second-order valence-electron chi connectivity index (χ2n) is 5.09. The van der Waals surface area contributed by atoms with E-state index in [0.717, 1.165) is 6.54 Å². The molecule has 2 nitrogen and oxygen atoms in total. The molecule has 1 rings (SSSR count). The summed E-state index contributed by atoms with van der Waals surface area (Å²) in [7, 11) is 0. The molecule has 1 fully saturated rings. The summed E-state index contributed by atoms with van der Waals surface area (Å²) in [4.78, 5) is 13.4. The summed E-state index contributed by atoms with van der Waals surface area (Å²) < 4.78 is 0. The molecule has 0 saturated carbocycles. The van der Waals surface area contributed by atoms with E-state index in [2.05, 4.69) is 20.8 Å². The van der Waals surface area contributed by atoms with Gasteiger partial charge in [0.15, 0.2) is 0 Å². The minimum absolute atomic E-state index is 0.228. The molecule has 1 aliphatic heterocycles. The lowest BCUT2D eigenvalue weighted by Gasteiger charge is -2.43. The number of likely N-dealkylation sites (tertiary alicyclic amines) is 1. The maximum atomic E-state index is 11.4. The van der Waals surface area contributed by atoms with Crippen LogP contribution in [0.4, 0.5) is 0 Å². The summed E-state index contributed by atoms with van der Waals surface area (Å²) in [5.41, 5.74) is 0.228. The first-order chi connectivity index (χ1) is 5.93. The van der Waals surface area contributed by atoms with Crippen molar-refractivity contribution in [1.82, 2.24) is 4.90 Å². The van der Waals surface area contributed by atoms with Gasteiger partial charge in [0.1, 0.15) is 0 Å². The van der Waals surface area contributed by atoms with Gasteiger partial charge in [0, 0.05) is 19.5 Å². The van der Waals surface area contributed by atoms with Gasteiger partial charge in [0.05, 0.1) is 0 Å². The molecule has 0 N–H and O–H groups in total. The first-order valence-corrected chi connectivity index (χ1v) is 5.20. The van der Waals surface area contributed by atoms with Crippen molar-refractivity contribution >= 4 is 5.91 Å². The van der Waals surface area contributed by atoms with E-state index in [1.54, 1.807) is 6.92 Å². The first-order valence-electron chi connectivity index (χ1n) is 5.20. The van der Waals surface area contributed by atoms with Crippen molar-refractivity contribution in [3.8, 4) is 0 Å². The van der Waals surface area contributed by atoms with E-state index in [-0.39, 0.29) is 11.3 Å². The van der Waals surface area contributed by atoms with E-state index in [4.69, 9.17) is 0 Å². The quantitative estimate of drug-likeness (QED) is 0.565. The number of hydrogen-bond donors (Lipinski definition) is 0. The molecule has 1 amide bonds. The lowest BCUT2D eigenvalue weighted by Crippen LogP contribution is -2.49. The Kier molecular flexibility index (Phi) is 2.99. The van der Waals surface area contributed by atoms with Crippen LogP contribution in [-0.2, 0) is 4.79 Å². The van der Waals surface area contributed by atoms with Crippen molar-refractivity contribution in [1.29, 1.82) is 0 Å². The van der Waals surface area contributed by atoms with Crippen LogP contribution in [0.25, 0.3) is 0 Å². The monoisotopic (exact) mass is 183 g/mol. The van der Waals surface area contributed by atoms with Crippen LogP contribution in [0.2, 0.25) is 0 Å². The Labute approximate surface area is 81.3 Å². The molecule has 1 atom stereocenters. The molecular formula is C11H21NO. The van der Waals surface area contributed by atoms with Crippen LogP contribution in [0, 0.1) is 5.41 Å². The van der Waals surface area contributed by atoms with E-state index in [1.807, 2.05) is 4.90 Å². The topological polar surface area (TPSA) is 20.3 Å². The fraction of sp³-hybridized carbons (Fsp3) is 0.909. The van der Waals surface area contributed by atoms with Gasteiger partial charge in [-0.05, 0) is 24.7 Å². The van der Waals surface area contributed by atoms with Gasteiger partial charge in [-0.15, -0.1) is 0 Å². The number of amides is 1. The second-order valence-corrected chi connectivity index (χ2v) is 5.09. The van der Waals surface area contributed by atoms with Crippen molar-refractivity contribution in [2.24, 2.45) is 5.41 Å². The number of carbonyl (C=O) groups is 1. The summed E-state index contributed by atoms with van der Waals surface area (Å²) in [6.07, 6.45) is 3.61. The summed E-state index contributed by atoms with van der Waals surface area (Å²) in [6, 6.07) is 0.443. The van der Waals surface area contributed by atoms with Crippen LogP contribution >= 0.6 is 0 Å². The molecule has 0 bridgehead atoms. The van der Waals surface area contributed by atoms with Crippen molar-refractivity contribution in [3.05, 3.63) is 0 Å². The van der Waals surface area contributed by atoms with Gasteiger partial charge in [-0.1, -0.05) is 20.8 Å². The van der Waals surface area contributed by atoms with E-state index in [9.17, 15) is 4.79 Å². The van der Waals surface area contributed by atoms with Gasteiger partial charge in [-0.3, -0.25) is 4.79 Å². The predicted molar refractivity (Wildman–Crippen MR) is 54.5 cm³/mol. The highest BCUT2D eigenvalue weighted by molar-refractivity contribution is 5.73. The summed E-state index contributed by atoms with van der Waals surface area (Å²) in [6.45, 7) is 9.30. The molecule has 0 aromatic carbocycles. The smallest absolute Gasteiger partial charge is 0.219 e. The molecule has 1 heterocycles. The minimum atomic E-state index is 0.228. The Morgan fingerprint density at radius 2 is 1.92 bits per heavy atom. The predicted octanol–water partition coefficient (Wildman–Crippen LogP) is 2.43. The fourth-order valence-electron chi connectivity index (χ4n) is 2.21. The van der Waals surface area contributed by atoms with Crippen molar-refractivity contribution < 1.29 is 4.79 Å². The van der Waals surface area contributed by atoms with Gasteiger partial charge in [-0.2, -0.15) is 0 Å². The highest BCUT2D eigenvalue weighted by Crippen LogP contribution is 2.31. The van der Waals surface area contributed by atoms with Crippen molar-refractivity contribution in [2.45, 2.75) is 53.0 Å². The first kappa shape index (κ1) is 10.6. The standard InChI is InChI=1S/C11H21NO/c1-9(13)12-8-6-5-7-10(12)11(2,3)4/h10H,5-8H2,1-4H3. The maximum absolute atomic E-state index is 11.4. The Bertz CT molecular complexity index is 193. The minimum Gasteiger partial charge on any atom is -0.339 e. The van der Waals surface area contributed by atoms with Gasteiger partial charge in [0.2, 0.25) is 5.91 Å². The lowest BCUT2D eigenvalue weighted by atomic mass is 9.80. The number of piperidine rings is 1. The Hall–Kier alpha value is -0.530. The highest BCUT2D eigenvalue weighted by Gasteiger charge is 2.33. The molecular weight excluding hydrogens is 162 g/mol. The van der Waals surface area contributed by atoms with E-state index in [1.165, 1.54) is 19.3 Å². The van der Waals surface area contributed by atoms with E-state index >= 15 is 0 Å². The summed E-state index contributed by atoms with van der Waals surface area (Å²) >= 11 is 0. The summed E-state index contributed by atoms with van der Waals surface area (Å²) in [5.74, 6) is 0.236. The molecule has 0 radical (unpaired) electrons. The molecule has 1 saturated heterocycles. The average molecular weight is 183 g/mol. The molecule has 1 unspecified atom stereocenters. The molecule has 2 heteroatoms. The van der Waals surface area contributed by atoms with Crippen LogP contribution in [0.3, 0.4) is 0 Å². The largest absolute Gasteiger partial charge is 0.339 e. The van der Waals surface area contributed by atoms with Crippen LogP contribution < -0.4 is 0 Å². The average Bonchev–Trinajstić information content (AvgIpc) is 2.03. The number of hydrogen-bond acceptors (Lipinski definition) is 1. The fourth-order valence-corrected chi connectivity index (χ4v) is 2.21. The third-order valence-corrected chi connectivity index (χ3v) is 2.91. The molecule has 0 aliphatic carbocycles. The van der Waals surface area contributed by atoms with Crippen LogP contribution in [0.1, 0.15) is 47.0 Å². The number of rotatable bonds is 0. The second kappa shape index (κ2) is 3.69. The third kappa shape index (κ3) is 2.45. The van der Waals surface area contributed by atoms with Crippen LogP contribution in [-0.4, -0.2) is 23.4 Å². The Morgan fingerprint density at radius 1 is 1.31 bits per heavy atom. The molecule has 0 aromatic rings. The van der Waals surface area contributed by atoms with E-state index in [0.29, 0.717) is 6.04 Å².